The number of carbonyl (C=O) groups excluding carboxylic acids is 1. The molecule has 1 saturated carbocycles. The molecular weight excluding hydrogens is 316 g/mol. The van der Waals surface area contributed by atoms with Crippen molar-refractivity contribution < 1.29 is 9.21 Å². The van der Waals surface area contributed by atoms with Crippen LogP contribution in [0.15, 0.2) is 52.1 Å². The van der Waals surface area contributed by atoms with E-state index < -0.39 is 0 Å². The Morgan fingerprint density at radius 3 is 2.84 bits per heavy atom. The second-order valence-electron chi connectivity index (χ2n) is 6.29. The Labute approximate surface area is 147 Å². The Morgan fingerprint density at radius 2 is 2.16 bits per heavy atom. The van der Waals surface area contributed by atoms with E-state index in [4.69, 9.17) is 4.42 Å². The predicted molar refractivity (Wildman–Crippen MR) is 98.6 cm³/mol. The molecule has 6 nitrogen and oxygen atoms in total. The van der Waals surface area contributed by atoms with Gasteiger partial charge in [0.25, 0.3) is 5.91 Å². The maximum atomic E-state index is 12.0. The highest BCUT2D eigenvalue weighted by molar-refractivity contribution is 6.02. The third-order valence-electron chi connectivity index (χ3n) is 4.13. The van der Waals surface area contributed by atoms with E-state index in [2.05, 4.69) is 34.8 Å². The van der Waals surface area contributed by atoms with E-state index in [1.54, 1.807) is 12.1 Å². The molecule has 2 aromatic rings. The molecule has 0 spiro atoms. The first-order valence-electron chi connectivity index (χ1n) is 8.64. The normalized spacial score (nSPS) is 19.4. The van der Waals surface area contributed by atoms with Crippen molar-refractivity contribution in [3.8, 4) is 0 Å². The van der Waals surface area contributed by atoms with Crippen molar-refractivity contribution >= 4 is 17.6 Å². The Morgan fingerprint density at radius 1 is 1.32 bits per heavy atom. The van der Waals surface area contributed by atoms with Crippen LogP contribution in [0.5, 0.6) is 0 Å². The molecular formula is C19H24N4O2. The largest absolute Gasteiger partial charge is 0.459 e. The number of nitrogens with zero attached hydrogens (tertiary/aromatic N) is 1. The molecule has 0 saturated heterocycles. The van der Waals surface area contributed by atoms with E-state index in [-0.39, 0.29) is 5.91 Å². The van der Waals surface area contributed by atoms with Crippen LogP contribution in [0, 0.1) is 5.92 Å². The summed E-state index contributed by atoms with van der Waals surface area (Å²) in [5.74, 6) is 1.58. The third-order valence-corrected chi connectivity index (χ3v) is 4.13. The molecule has 1 fully saturated rings. The fourth-order valence-corrected chi connectivity index (χ4v) is 2.54. The van der Waals surface area contributed by atoms with Gasteiger partial charge in [-0.2, -0.15) is 0 Å². The number of benzene rings is 1. The number of rotatable bonds is 6. The van der Waals surface area contributed by atoms with Crippen LogP contribution in [0.2, 0.25) is 0 Å². The van der Waals surface area contributed by atoms with Crippen LogP contribution in [-0.4, -0.2) is 24.5 Å². The number of nitrogens with one attached hydrogen (secondary N) is 3. The van der Waals surface area contributed by atoms with Crippen molar-refractivity contribution in [3.05, 3.63) is 54.0 Å². The molecule has 2 atom stereocenters. The number of amides is 1. The summed E-state index contributed by atoms with van der Waals surface area (Å²) >= 11 is 0. The number of hydrogen-bond donors (Lipinski definition) is 3. The number of guanidine groups is 1. The Bertz CT molecular complexity index is 740. The lowest BCUT2D eigenvalue weighted by molar-refractivity contribution is 0.0996. The molecule has 0 radical (unpaired) electrons. The molecule has 0 aliphatic heterocycles. The molecule has 0 bridgehead atoms. The van der Waals surface area contributed by atoms with Gasteiger partial charge in [-0.05, 0) is 49.1 Å². The minimum absolute atomic E-state index is 0.261. The van der Waals surface area contributed by atoms with E-state index in [9.17, 15) is 4.79 Å². The summed E-state index contributed by atoms with van der Waals surface area (Å²) in [6.45, 7) is 5.65. The van der Waals surface area contributed by atoms with E-state index in [0.717, 1.165) is 23.8 Å². The maximum Gasteiger partial charge on any atom is 0.291 e. The first kappa shape index (κ1) is 17.1. The average molecular weight is 340 g/mol. The van der Waals surface area contributed by atoms with Gasteiger partial charge in [0.05, 0.1) is 12.8 Å². The zero-order chi connectivity index (χ0) is 17.6. The van der Waals surface area contributed by atoms with Gasteiger partial charge in [0.15, 0.2) is 11.7 Å². The van der Waals surface area contributed by atoms with Crippen LogP contribution >= 0.6 is 0 Å². The van der Waals surface area contributed by atoms with Gasteiger partial charge >= 0.3 is 0 Å². The summed E-state index contributed by atoms with van der Waals surface area (Å²) in [5, 5.41) is 9.53. The van der Waals surface area contributed by atoms with Gasteiger partial charge in [-0.15, -0.1) is 0 Å². The predicted octanol–water partition coefficient (Wildman–Crippen LogP) is 3.00. The highest BCUT2D eigenvalue weighted by Crippen LogP contribution is 2.28. The zero-order valence-corrected chi connectivity index (χ0v) is 14.6. The van der Waals surface area contributed by atoms with E-state index in [1.807, 2.05) is 24.3 Å². The van der Waals surface area contributed by atoms with Crippen LogP contribution in [0.4, 0.5) is 5.69 Å². The quantitative estimate of drug-likeness (QED) is 0.558. The topological polar surface area (TPSA) is 78.7 Å². The number of hydrogen-bond acceptors (Lipinski definition) is 3. The molecule has 2 unspecified atom stereocenters. The molecule has 6 heteroatoms. The number of aliphatic imine (C=N–C) groups is 1. The van der Waals surface area contributed by atoms with Gasteiger partial charge in [-0.3, -0.25) is 4.79 Å². The minimum Gasteiger partial charge on any atom is -0.459 e. The summed E-state index contributed by atoms with van der Waals surface area (Å²) in [5.41, 5.74) is 1.75. The molecule has 132 valence electrons. The second kappa shape index (κ2) is 7.88. The fourth-order valence-electron chi connectivity index (χ4n) is 2.54. The van der Waals surface area contributed by atoms with Crippen molar-refractivity contribution in [1.29, 1.82) is 0 Å². The second-order valence-corrected chi connectivity index (χ2v) is 6.29. The van der Waals surface area contributed by atoms with Crippen LogP contribution in [0.1, 0.15) is 36.4 Å². The summed E-state index contributed by atoms with van der Waals surface area (Å²) in [7, 11) is 0. The van der Waals surface area contributed by atoms with Gasteiger partial charge in [0.1, 0.15) is 0 Å². The lowest BCUT2D eigenvalue weighted by atomic mass is 10.2. The highest BCUT2D eigenvalue weighted by Gasteiger charge is 2.33. The fraction of sp³-hybridized carbons (Fsp3) is 0.368. The zero-order valence-electron chi connectivity index (χ0n) is 14.6. The molecule has 1 aliphatic rings. The first-order chi connectivity index (χ1) is 12.2. The maximum absolute atomic E-state index is 12.0. The Balaban J connectivity index is 1.62. The third kappa shape index (κ3) is 4.86. The first-order valence-corrected chi connectivity index (χ1v) is 8.64. The summed E-state index contributed by atoms with van der Waals surface area (Å²) in [4.78, 5) is 16.7. The van der Waals surface area contributed by atoms with E-state index >= 15 is 0 Å². The summed E-state index contributed by atoms with van der Waals surface area (Å²) < 4.78 is 5.10. The van der Waals surface area contributed by atoms with Gasteiger partial charge < -0.3 is 20.4 Å². The van der Waals surface area contributed by atoms with Crippen molar-refractivity contribution in [1.82, 2.24) is 10.6 Å². The molecule has 1 aromatic carbocycles. The lowest BCUT2D eigenvalue weighted by Gasteiger charge is -2.11. The highest BCUT2D eigenvalue weighted by atomic mass is 16.3. The van der Waals surface area contributed by atoms with Crippen molar-refractivity contribution in [2.75, 3.05) is 11.9 Å². The average Bonchev–Trinajstić information content (AvgIpc) is 3.07. The van der Waals surface area contributed by atoms with Crippen LogP contribution < -0.4 is 16.0 Å². The molecule has 1 heterocycles. The standard InChI is InChI=1S/C19H24N4O2/c1-3-20-19(23-16-10-13(16)2)21-12-14-6-4-7-15(11-14)22-18(24)17-8-5-9-25-17/h4-9,11,13,16H,3,10,12H2,1-2H3,(H,22,24)(H2,20,21,23). The molecule has 3 N–H and O–H groups in total. The van der Waals surface area contributed by atoms with Crippen LogP contribution in [0.3, 0.4) is 0 Å². The van der Waals surface area contributed by atoms with E-state index in [0.29, 0.717) is 24.3 Å². The number of carbonyl (C=O) groups is 1. The summed E-state index contributed by atoms with van der Waals surface area (Å²) in [6, 6.07) is 11.5. The molecule has 1 aromatic heterocycles. The van der Waals surface area contributed by atoms with Crippen LogP contribution in [-0.2, 0) is 6.54 Å². The smallest absolute Gasteiger partial charge is 0.291 e. The number of anilines is 1. The molecule has 25 heavy (non-hydrogen) atoms. The molecule has 1 amide bonds. The Hall–Kier alpha value is -2.76. The number of furan rings is 1. The van der Waals surface area contributed by atoms with Gasteiger partial charge in [0.2, 0.25) is 0 Å². The van der Waals surface area contributed by atoms with Crippen LogP contribution in [0.25, 0.3) is 0 Å². The van der Waals surface area contributed by atoms with Crippen molar-refractivity contribution in [2.45, 2.75) is 32.9 Å². The van der Waals surface area contributed by atoms with Gasteiger partial charge in [0, 0.05) is 18.3 Å². The molecule has 3 rings (SSSR count). The molecule has 1 aliphatic carbocycles. The SMILES string of the molecule is CCNC(=NCc1cccc(NC(=O)c2ccco2)c1)NC1CC1C. The monoisotopic (exact) mass is 340 g/mol. The minimum atomic E-state index is -0.261. The van der Waals surface area contributed by atoms with Gasteiger partial charge in [-0.1, -0.05) is 19.1 Å². The Kier molecular flexibility index (Phi) is 5.38. The van der Waals surface area contributed by atoms with E-state index in [1.165, 1.54) is 12.7 Å². The summed E-state index contributed by atoms with van der Waals surface area (Å²) in [6.07, 6.45) is 2.68. The van der Waals surface area contributed by atoms with Crippen molar-refractivity contribution in [3.63, 3.8) is 0 Å². The van der Waals surface area contributed by atoms with Gasteiger partial charge in [-0.25, -0.2) is 4.99 Å². The van der Waals surface area contributed by atoms with Crippen molar-refractivity contribution in [2.24, 2.45) is 10.9 Å². The lowest BCUT2D eigenvalue weighted by Crippen LogP contribution is -2.39.